The Morgan fingerprint density at radius 3 is 2.81 bits per heavy atom. The van der Waals surface area contributed by atoms with E-state index in [1.165, 1.54) is 29.0 Å². The van der Waals surface area contributed by atoms with E-state index in [1.54, 1.807) is 30.4 Å². The van der Waals surface area contributed by atoms with E-state index in [2.05, 4.69) is 15.3 Å². The first kappa shape index (κ1) is 18.3. The standard InChI is InChI=1S/C17H16N4O3S2/c1-9-4-5-12(13(6-9)21(23)24)20-14(22)7-25-16-15-10(2)11(3)26-17(15)19-8-18-16/h4-6,8H,7H2,1-3H3,(H,20,22). The minimum Gasteiger partial charge on any atom is -0.320 e. The highest BCUT2D eigenvalue weighted by molar-refractivity contribution is 8.00. The van der Waals surface area contributed by atoms with Gasteiger partial charge in [0.25, 0.3) is 5.69 Å². The molecule has 0 radical (unpaired) electrons. The van der Waals surface area contributed by atoms with Crippen LogP contribution in [0, 0.1) is 30.9 Å². The summed E-state index contributed by atoms with van der Waals surface area (Å²) >= 11 is 2.89. The Labute approximate surface area is 158 Å². The third-order valence-electron chi connectivity index (χ3n) is 3.89. The largest absolute Gasteiger partial charge is 0.320 e. The van der Waals surface area contributed by atoms with Crippen LogP contribution >= 0.6 is 23.1 Å². The summed E-state index contributed by atoms with van der Waals surface area (Å²) in [4.78, 5) is 33.6. The lowest BCUT2D eigenvalue weighted by molar-refractivity contribution is -0.384. The Kier molecular flexibility index (Phi) is 5.19. The number of nitro benzene ring substituents is 1. The molecule has 7 nitrogen and oxygen atoms in total. The van der Waals surface area contributed by atoms with E-state index in [9.17, 15) is 14.9 Å². The van der Waals surface area contributed by atoms with Crippen LogP contribution in [-0.4, -0.2) is 26.6 Å². The van der Waals surface area contributed by atoms with E-state index in [0.29, 0.717) is 0 Å². The topological polar surface area (TPSA) is 98.0 Å². The minimum absolute atomic E-state index is 0.103. The Morgan fingerprint density at radius 2 is 2.08 bits per heavy atom. The van der Waals surface area contributed by atoms with Crippen LogP contribution in [0.25, 0.3) is 10.2 Å². The number of carbonyl (C=O) groups excluding carboxylic acids is 1. The van der Waals surface area contributed by atoms with Crippen molar-refractivity contribution in [1.82, 2.24) is 9.97 Å². The van der Waals surface area contributed by atoms with Crippen LogP contribution in [-0.2, 0) is 4.79 Å². The fourth-order valence-electron chi connectivity index (χ4n) is 2.48. The molecular formula is C17H16N4O3S2. The monoisotopic (exact) mass is 388 g/mol. The molecule has 26 heavy (non-hydrogen) atoms. The van der Waals surface area contributed by atoms with Crippen LogP contribution in [0.1, 0.15) is 16.0 Å². The van der Waals surface area contributed by atoms with E-state index in [4.69, 9.17) is 0 Å². The minimum atomic E-state index is -0.499. The third-order valence-corrected chi connectivity index (χ3v) is 6.00. The maximum absolute atomic E-state index is 12.3. The molecule has 0 spiro atoms. The summed E-state index contributed by atoms with van der Waals surface area (Å²) in [5, 5.41) is 15.5. The zero-order chi connectivity index (χ0) is 18.8. The lowest BCUT2D eigenvalue weighted by atomic mass is 10.2. The SMILES string of the molecule is Cc1ccc(NC(=O)CSc2ncnc3sc(C)c(C)c23)c([N+](=O)[O-])c1. The zero-order valence-corrected chi connectivity index (χ0v) is 16.0. The molecule has 134 valence electrons. The van der Waals surface area contributed by atoms with E-state index < -0.39 is 4.92 Å². The second kappa shape index (κ2) is 7.38. The Bertz CT molecular complexity index is 1020. The molecule has 3 aromatic rings. The van der Waals surface area contributed by atoms with Gasteiger partial charge in [0.05, 0.1) is 10.7 Å². The molecule has 9 heteroatoms. The summed E-state index contributed by atoms with van der Waals surface area (Å²) in [5.74, 6) is -0.218. The molecule has 3 rings (SSSR count). The van der Waals surface area contributed by atoms with Gasteiger partial charge < -0.3 is 5.32 Å². The number of anilines is 1. The van der Waals surface area contributed by atoms with Crippen molar-refractivity contribution in [2.45, 2.75) is 25.8 Å². The predicted molar refractivity (Wildman–Crippen MR) is 104 cm³/mol. The van der Waals surface area contributed by atoms with Crippen molar-refractivity contribution in [2.24, 2.45) is 0 Å². The van der Waals surface area contributed by atoms with Gasteiger partial charge in [-0.25, -0.2) is 9.97 Å². The number of thioether (sulfide) groups is 1. The summed E-state index contributed by atoms with van der Waals surface area (Å²) in [6.45, 7) is 5.80. The van der Waals surface area contributed by atoms with Crippen LogP contribution in [0.15, 0.2) is 29.6 Å². The van der Waals surface area contributed by atoms with Gasteiger partial charge in [0.15, 0.2) is 0 Å². The highest BCUT2D eigenvalue weighted by Crippen LogP contribution is 2.34. The number of benzene rings is 1. The molecule has 0 fully saturated rings. The number of nitrogens with zero attached hydrogens (tertiary/aromatic N) is 3. The number of fused-ring (bicyclic) bond motifs is 1. The Morgan fingerprint density at radius 1 is 1.31 bits per heavy atom. The number of nitro groups is 1. The molecular weight excluding hydrogens is 372 g/mol. The first-order valence-electron chi connectivity index (χ1n) is 7.75. The highest BCUT2D eigenvalue weighted by atomic mass is 32.2. The Balaban J connectivity index is 1.76. The van der Waals surface area contributed by atoms with Crippen molar-refractivity contribution in [1.29, 1.82) is 0 Å². The number of carbonyl (C=O) groups is 1. The van der Waals surface area contributed by atoms with Crippen molar-refractivity contribution < 1.29 is 9.72 Å². The molecule has 2 heterocycles. The second-order valence-corrected chi connectivity index (χ2v) is 7.92. The normalized spacial score (nSPS) is 10.9. The quantitative estimate of drug-likeness (QED) is 0.304. The molecule has 0 aliphatic rings. The van der Waals surface area contributed by atoms with Crippen molar-refractivity contribution >= 4 is 50.6 Å². The molecule has 0 atom stereocenters. The molecule has 0 saturated carbocycles. The number of amides is 1. The Hall–Kier alpha value is -2.52. The molecule has 0 unspecified atom stereocenters. The van der Waals surface area contributed by atoms with E-state index in [0.717, 1.165) is 26.4 Å². The van der Waals surface area contributed by atoms with Crippen LogP contribution in [0.5, 0.6) is 0 Å². The van der Waals surface area contributed by atoms with Gasteiger partial charge in [-0.05, 0) is 38.0 Å². The number of aromatic nitrogens is 2. The maximum atomic E-state index is 12.3. The third kappa shape index (κ3) is 3.68. The van der Waals surface area contributed by atoms with E-state index in [1.807, 2.05) is 13.8 Å². The smallest absolute Gasteiger partial charge is 0.293 e. The molecule has 0 aliphatic carbocycles. The summed E-state index contributed by atoms with van der Waals surface area (Å²) in [6.07, 6.45) is 1.49. The number of thiophene rings is 1. The molecule has 0 saturated heterocycles. The van der Waals surface area contributed by atoms with Crippen molar-refractivity contribution in [3.8, 4) is 0 Å². The van der Waals surface area contributed by atoms with Crippen LogP contribution < -0.4 is 5.32 Å². The van der Waals surface area contributed by atoms with Crippen LogP contribution in [0.4, 0.5) is 11.4 Å². The molecule has 1 aromatic carbocycles. The molecule has 1 amide bonds. The second-order valence-electron chi connectivity index (χ2n) is 5.76. The van der Waals surface area contributed by atoms with Gasteiger partial charge in [0.2, 0.25) is 5.91 Å². The number of nitrogens with one attached hydrogen (secondary N) is 1. The van der Waals surface area contributed by atoms with Gasteiger partial charge in [0, 0.05) is 16.3 Å². The molecule has 0 aliphatic heterocycles. The van der Waals surface area contributed by atoms with Crippen LogP contribution in [0.3, 0.4) is 0 Å². The first-order valence-corrected chi connectivity index (χ1v) is 9.55. The summed E-state index contributed by atoms with van der Waals surface area (Å²) in [5.41, 5.74) is 1.96. The number of aryl methyl sites for hydroxylation is 3. The number of hydrogen-bond donors (Lipinski definition) is 1. The molecule has 1 N–H and O–H groups in total. The van der Waals surface area contributed by atoms with Gasteiger partial charge in [-0.2, -0.15) is 0 Å². The summed E-state index contributed by atoms with van der Waals surface area (Å²) < 4.78 is 0. The van der Waals surface area contributed by atoms with Crippen LogP contribution in [0.2, 0.25) is 0 Å². The van der Waals surface area contributed by atoms with E-state index in [-0.39, 0.29) is 23.0 Å². The lowest BCUT2D eigenvalue weighted by Crippen LogP contribution is -2.15. The predicted octanol–water partition coefficient (Wildman–Crippen LogP) is 4.26. The van der Waals surface area contributed by atoms with Gasteiger partial charge in [-0.15, -0.1) is 11.3 Å². The highest BCUT2D eigenvalue weighted by Gasteiger charge is 2.17. The number of hydrogen-bond acceptors (Lipinski definition) is 7. The van der Waals surface area contributed by atoms with Gasteiger partial charge in [0.1, 0.15) is 21.9 Å². The first-order chi connectivity index (χ1) is 12.4. The summed E-state index contributed by atoms with van der Waals surface area (Å²) in [7, 11) is 0. The van der Waals surface area contributed by atoms with Crippen molar-refractivity contribution in [3.63, 3.8) is 0 Å². The van der Waals surface area contributed by atoms with Gasteiger partial charge in [-0.1, -0.05) is 17.8 Å². The average Bonchev–Trinajstić information content (AvgIpc) is 2.89. The summed E-state index contributed by atoms with van der Waals surface area (Å²) in [6, 6.07) is 4.71. The lowest BCUT2D eigenvalue weighted by Gasteiger charge is -2.07. The fourth-order valence-corrected chi connectivity index (χ4v) is 4.40. The van der Waals surface area contributed by atoms with E-state index >= 15 is 0 Å². The molecule has 2 aromatic heterocycles. The van der Waals surface area contributed by atoms with Crippen molar-refractivity contribution in [2.75, 3.05) is 11.1 Å². The average molecular weight is 388 g/mol. The van der Waals surface area contributed by atoms with Crippen molar-refractivity contribution in [3.05, 3.63) is 50.6 Å². The maximum Gasteiger partial charge on any atom is 0.293 e. The van der Waals surface area contributed by atoms with Gasteiger partial charge >= 0.3 is 0 Å². The van der Waals surface area contributed by atoms with Gasteiger partial charge in [-0.3, -0.25) is 14.9 Å². The molecule has 0 bridgehead atoms. The number of rotatable bonds is 5. The zero-order valence-electron chi connectivity index (χ0n) is 14.4. The fraction of sp³-hybridized carbons (Fsp3) is 0.235.